The van der Waals surface area contributed by atoms with Gasteiger partial charge in [0.15, 0.2) is 6.04 Å². The number of carbonyl (C=O) groups is 2. The topological polar surface area (TPSA) is 75.6 Å². The van der Waals surface area contributed by atoms with E-state index in [2.05, 4.69) is 5.32 Å². The van der Waals surface area contributed by atoms with Gasteiger partial charge in [0.2, 0.25) is 5.91 Å². The first-order valence-electron chi connectivity index (χ1n) is 9.24. The summed E-state index contributed by atoms with van der Waals surface area (Å²) in [5, 5.41) is 12.5. The first kappa shape index (κ1) is 17.6. The quantitative estimate of drug-likeness (QED) is 0.872. The number of aliphatic carboxylic acids is 1. The fourth-order valence-corrected chi connectivity index (χ4v) is 4.41. The van der Waals surface area contributed by atoms with Crippen LogP contribution in [0.15, 0.2) is 42.5 Å². The molecule has 1 heterocycles. The van der Waals surface area contributed by atoms with E-state index in [0.29, 0.717) is 12.2 Å². The van der Waals surface area contributed by atoms with Crippen molar-refractivity contribution in [2.45, 2.75) is 38.1 Å². The van der Waals surface area contributed by atoms with Gasteiger partial charge < -0.3 is 15.2 Å². The van der Waals surface area contributed by atoms with Crippen LogP contribution in [0.1, 0.15) is 41.1 Å². The molecule has 2 aromatic rings. The van der Waals surface area contributed by atoms with Gasteiger partial charge in [-0.05, 0) is 38.3 Å². The molecular formula is C22H23NO4. The Kier molecular flexibility index (Phi) is 4.17. The van der Waals surface area contributed by atoms with Crippen molar-refractivity contribution in [3.05, 3.63) is 64.7 Å². The lowest BCUT2D eigenvalue weighted by Crippen LogP contribution is -2.37. The lowest BCUT2D eigenvalue weighted by Gasteiger charge is -2.27. The number of carbonyl (C=O) groups excluding carboxylic acids is 1. The number of benzene rings is 2. The average molecular weight is 365 g/mol. The standard InChI is InChI=1S/C22H23NO4/c1-13-9-14(2)11-15(10-13)19(21(25)26)23-20(24)17-12-22(17)7-8-27-18-6-4-3-5-16(18)22/h3-6,9-11,17,19H,7-8,12H2,1-2H3,(H,23,24)(H,25,26)/t17-,19?,22-/m0/s1. The van der Waals surface area contributed by atoms with E-state index >= 15 is 0 Å². The minimum absolute atomic E-state index is 0.196. The minimum Gasteiger partial charge on any atom is -0.493 e. The fraction of sp³-hybridized carbons (Fsp3) is 0.364. The molecule has 1 fully saturated rings. The predicted octanol–water partition coefficient (Wildman–Crippen LogP) is 3.29. The summed E-state index contributed by atoms with van der Waals surface area (Å²) in [5.41, 5.74) is 3.41. The molecule has 1 aliphatic heterocycles. The summed E-state index contributed by atoms with van der Waals surface area (Å²) in [7, 11) is 0. The number of ether oxygens (including phenoxy) is 1. The zero-order valence-corrected chi connectivity index (χ0v) is 15.5. The molecule has 3 atom stereocenters. The second kappa shape index (κ2) is 6.41. The maximum atomic E-state index is 12.9. The van der Waals surface area contributed by atoms with Crippen LogP contribution in [0.3, 0.4) is 0 Å². The van der Waals surface area contributed by atoms with Crippen molar-refractivity contribution < 1.29 is 19.4 Å². The number of carboxylic acids is 1. The van der Waals surface area contributed by atoms with Crippen LogP contribution in [-0.2, 0) is 15.0 Å². The highest BCUT2D eigenvalue weighted by Crippen LogP contribution is 2.60. The van der Waals surface area contributed by atoms with Crippen LogP contribution in [0.25, 0.3) is 0 Å². The maximum Gasteiger partial charge on any atom is 0.330 e. The Bertz CT molecular complexity index is 902. The normalized spacial score (nSPS) is 23.9. The van der Waals surface area contributed by atoms with Gasteiger partial charge in [0.25, 0.3) is 0 Å². The molecule has 0 aromatic heterocycles. The summed E-state index contributed by atoms with van der Waals surface area (Å²) in [5.74, 6) is -0.618. The van der Waals surface area contributed by atoms with E-state index in [1.165, 1.54) is 0 Å². The Labute approximate surface area is 158 Å². The lowest BCUT2D eigenvalue weighted by atomic mass is 9.87. The second-order valence-electron chi connectivity index (χ2n) is 7.71. The molecule has 1 saturated carbocycles. The SMILES string of the molecule is Cc1cc(C)cc(C(NC(=O)[C@@H]2C[C@]23CCOc2ccccc23)C(=O)O)c1. The molecule has 0 radical (unpaired) electrons. The van der Waals surface area contributed by atoms with E-state index in [4.69, 9.17) is 4.74 Å². The maximum absolute atomic E-state index is 12.9. The zero-order chi connectivity index (χ0) is 19.2. The molecular weight excluding hydrogens is 342 g/mol. The zero-order valence-electron chi connectivity index (χ0n) is 15.5. The number of hydrogen-bond donors (Lipinski definition) is 2. The van der Waals surface area contributed by atoms with Gasteiger partial charge in [-0.3, -0.25) is 4.79 Å². The summed E-state index contributed by atoms with van der Waals surface area (Å²) < 4.78 is 5.72. The van der Waals surface area contributed by atoms with Crippen molar-refractivity contribution >= 4 is 11.9 Å². The smallest absolute Gasteiger partial charge is 0.330 e. The number of fused-ring (bicyclic) bond motifs is 2. The number of hydrogen-bond acceptors (Lipinski definition) is 3. The van der Waals surface area contributed by atoms with E-state index in [1.807, 2.05) is 56.3 Å². The van der Waals surface area contributed by atoms with Gasteiger partial charge in [-0.15, -0.1) is 0 Å². The fourth-order valence-electron chi connectivity index (χ4n) is 4.41. The lowest BCUT2D eigenvalue weighted by molar-refractivity contribution is -0.142. The molecule has 5 nitrogen and oxygen atoms in total. The predicted molar refractivity (Wildman–Crippen MR) is 101 cm³/mol. The molecule has 0 bridgehead atoms. The van der Waals surface area contributed by atoms with Gasteiger partial charge in [-0.2, -0.15) is 0 Å². The summed E-state index contributed by atoms with van der Waals surface area (Å²) >= 11 is 0. The monoisotopic (exact) mass is 365 g/mol. The third-order valence-corrected chi connectivity index (χ3v) is 5.73. The number of amides is 1. The Hall–Kier alpha value is -2.82. The Morgan fingerprint density at radius 1 is 1.19 bits per heavy atom. The second-order valence-corrected chi connectivity index (χ2v) is 7.71. The molecule has 1 unspecified atom stereocenters. The first-order valence-corrected chi connectivity index (χ1v) is 9.24. The Balaban J connectivity index is 1.57. The first-order chi connectivity index (χ1) is 12.9. The minimum atomic E-state index is -1.05. The molecule has 2 N–H and O–H groups in total. The van der Waals surface area contributed by atoms with Crippen LogP contribution in [0.4, 0.5) is 0 Å². The molecule has 4 rings (SSSR count). The highest BCUT2D eigenvalue weighted by molar-refractivity contribution is 5.89. The molecule has 2 aliphatic rings. The molecule has 0 saturated heterocycles. The van der Waals surface area contributed by atoms with E-state index in [-0.39, 0.29) is 17.2 Å². The molecule has 1 amide bonds. The summed E-state index contributed by atoms with van der Waals surface area (Å²) in [6.45, 7) is 4.43. The molecule has 140 valence electrons. The number of aryl methyl sites for hydroxylation is 2. The van der Waals surface area contributed by atoms with Crippen LogP contribution >= 0.6 is 0 Å². The third-order valence-electron chi connectivity index (χ3n) is 5.73. The summed E-state index contributed by atoms with van der Waals surface area (Å²) in [6.07, 6.45) is 1.52. The van der Waals surface area contributed by atoms with Crippen LogP contribution in [-0.4, -0.2) is 23.6 Å². The van der Waals surface area contributed by atoms with Crippen LogP contribution in [0.5, 0.6) is 5.75 Å². The van der Waals surface area contributed by atoms with Gasteiger partial charge in [0, 0.05) is 16.9 Å². The molecule has 5 heteroatoms. The number of para-hydroxylation sites is 1. The van der Waals surface area contributed by atoms with Gasteiger partial charge in [-0.1, -0.05) is 47.5 Å². The van der Waals surface area contributed by atoms with Crippen molar-refractivity contribution in [2.24, 2.45) is 5.92 Å². The van der Waals surface area contributed by atoms with Crippen molar-refractivity contribution in [1.82, 2.24) is 5.32 Å². The number of nitrogens with one attached hydrogen (secondary N) is 1. The van der Waals surface area contributed by atoms with E-state index in [1.54, 1.807) is 0 Å². The number of rotatable bonds is 4. The number of carboxylic acid groups (broad SMARTS) is 1. The van der Waals surface area contributed by atoms with E-state index in [0.717, 1.165) is 35.3 Å². The molecule has 1 aliphatic carbocycles. The Morgan fingerprint density at radius 2 is 1.89 bits per heavy atom. The molecule has 27 heavy (non-hydrogen) atoms. The summed E-state index contributed by atoms with van der Waals surface area (Å²) in [6, 6.07) is 12.4. The van der Waals surface area contributed by atoms with E-state index < -0.39 is 12.0 Å². The highest BCUT2D eigenvalue weighted by atomic mass is 16.5. The van der Waals surface area contributed by atoms with Gasteiger partial charge >= 0.3 is 5.97 Å². The largest absolute Gasteiger partial charge is 0.493 e. The Morgan fingerprint density at radius 3 is 2.59 bits per heavy atom. The van der Waals surface area contributed by atoms with E-state index in [9.17, 15) is 14.7 Å². The van der Waals surface area contributed by atoms with Crippen molar-refractivity contribution in [2.75, 3.05) is 6.61 Å². The van der Waals surface area contributed by atoms with Crippen molar-refractivity contribution in [1.29, 1.82) is 0 Å². The van der Waals surface area contributed by atoms with Gasteiger partial charge in [0.1, 0.15) is 5.75 Å². The van der Waals surface area contributed by atoms with Crippen LogP contribution < -0.4 is 10.1 Å². The van der Waals surface area contributed by atoms with Gasteiger partial charge in [-0.25, -0.2) is 4.79 Å². The highest BCUT2D eigenvalue weighted by Gasteiger charge is 2.61. The molecule has 1 spiro atoms. The molecule has 2 aromatic carbocycles. The summed E-state index contributed by atoms with van der Waals surface area (Å²) in [4.78, 5) is 24.8. The van der Waals surface area contributed by atoms with Gasteiger partial charge in [0.05, 0.1) is 6.61 Å². The van der Waals surface area contributed by atoms with Crippen molar-refractivity contribution in [3.8, 4) is 5.75 Å². The third kappa shape index (κ3) is 3.07. The van der Waals surface area contributed by atoms with Crippen LogP contribution in [0.2, 0.25) is 0 Å². The van der Waals surface area contributed by atoms with Crippen LogP contribution in [0, 0.1) is 19.8 Å². The van der Waals surface area contributed by atoms with Crippen molar-refractivity contribution in [3.63, 3.8) is 0 Å². The average Bonchev–Trinajstić information content (AvgIpc) is 3.33.